The largest absolute Gasteiger partial charge is 0.466 e. The van der Waals surface area contributed by atoms with Gasteiger partial charge >= 0.3 is 12.0 Å². The summed E-state index contributed by atoms with van der Waals surface area (Å²) in [6, 6.07) is 1.39. The zero-order valence-electron chi connectivity index (χ0n) is 11.3. The van der Waals surface area contributed by atoms with Gasteiger partial charge in [0.05, 0.1) is 18.7 Å². The Bertz CT molecular complexity index is 536. The van der Waals surface area contributed by atoms with Crippen LogP contribution in [0, 0.1) is 0 Å². The third-order valence-corrected chi connectivity index (χ3v) is 4.11. The summed E-state index contributed by atoms with van der Waals surface area (Å²) in [5, 5.41) is 3.87. The van der Waals surface area contributed by atoms with Crippen LogP contribution in [0.5, 0.6) is 0 Å². The number of ether oxygens (including phenoxy) is 1. The Morgan fingerprint density at radius 2 is 2.11 bits per heavy atom. The number of hydrogen-bond acceptors (Lipinski definition) is 4. The van der Waals surface area contributed by atoms with E-state index in [2.05, 4.69) is 0 Å². The highest BCUT2D eigenvalue weighted by molar-refractivity contribution is 7.08. The first-order chi connectivity index (χ1) is 8.99. The lowest BCUT2D eigenvalue weighted by Gasteiger charge is -2.38. The first kappa shape index (κ1) is 13.6. The molecule has 0 radical (unpaired) electrons. The van der Waals surface area contributed by atoms with Crippen molar-refractivity contribution in [2.24, 2.45) is 0 Å². The maximum absolute atomic E-state index is 12.2. The molecular weight excluding hydrogens is 264 g/mol. The van der Waals surface area contributed by atoms with E-state index < -0.39 is 5.97 Å². The van der Waals surface area contributed by atoms with Crippen LogP contribution < -0.4 is 0 Å². The Labute approximate surface area is 116 Å². The van der Waals surface area contributed by atoms with Gasteiger partial charge in [0.2, 0.25) is 0 Å². The van der Waals surface area contributed by atoms with Crippen molar-refractivity contribution >= 4 is 23.3 Å². The number of amides is 2. The van der Waals surface area contributed by atoms with Gasteiger partial charge in [-0.2, -0.15) is 11.3 Å². The number of carbonyl (C=O) groups is 2. The van der Waals surface area contributed by atoms with Gasteiger partial charge in [-0.05, 0) is 29.3 Å². The number of rotatable bonds is 2. The molecule has 2 heterocycles. The summed E-state index contributed by atoms with van der Waals surface area (Å²) < 4.78 is 4.86. The van der Waals surface area contributed by atoms with E-state index >= 15 is 0 Å². The summed E-state index contributed by atoms with van der Waals surface area (Å²) in [6.07, 6.45) is 0. The van der Waals surface area contributed by atoms with E-state index in [1.165, 1.54) is 23.3 Å². The van der Waals surface area contributed by atoms with Crippen LogP contribution in [0.1, 0.15) is 18.5 Å². The highest BCUT2D eigenvalue weighted by atomic mass is 32.1. The maximum atomic E-state index is 12.2. The molecule has 0 fully saturated rings. The summed E-state index contributed by atoms with van der Waals surface area (Å²) in [4.78, 5) is 27.2. The lowest BCUT2D eigenvalue weighted by atomic mass is 9.96. The van der Waals surface area contributed by atoms with Gasteiger partial charge in [0.15, 0.2) is 0 Å². The molecule has 5 nitrogen and oxygen atoms in total. The van der Waals surface area contributed by atoms with E-state index in [0.29, 0.717) is 11.3 Å². The summed E-state index contributed by atoms with van der Waals surface area (Å²) >= 11 is 1.53. The fraction of sp³-hybridized carbons (Fsp3) is 0.385. The summed E-state index contributed by atoms with van der Waals surface area (Å²) in [5.74, 6) is -0.403. The number of hydrogen-bond donors (Lipinski definition) is 0. The third kappa shape index (κ3) is 2.12. The van der Waals surface area contributed by atoms with E-state index in [-0.39, 0.29) is 12.1 Å². The quantitative estimate of drug-likeness (QED) is 0.781. The van der Waals surface area contributed by atoms with Crippen LogP contribution in [0.4, 0.5) is 4.79 Å². The van der Waals surface area contributed by atoms with E-state index in [0.717, 1.165) is 5.56 Å². The fourth-order valence-corrected chi connectivity index (χ4v) is 2.93. The molecule has 1 aliphatic heterocycles. The molecule has 2 amide bonds. The lowest BCUT2D eigenvalue weighted by molar-refractivity contribution is -0.137. The first-order valence-corrected chi connectivity index (χ1v) is 6.75. The van der Waals surface area contributed by atoms with Crippen molar-refractivity contribution in [3.05, 3.63) is 33.7 Å². The number of allylic oxidation sites excluding steroid dienone is 1. The Kier molecular flexibility index (Phi) is 3.61. The van der Waals surface area contributed by atoms with Crippen LogP contribution in [0.2, 0.25) is 0 Å². The summed E-state index contributed by atoms with van der Waals surface area (Å²) in [7, 11) is 4.70. The zero-order chi connectivity index (χ0) is 14.2. The predicted octanol–water partition coefficient (Wildman–Crippen LogP) is 2.23. The first-order valence-electron chi connectivity index (χ1n) is 5.80. The smallest absolute Gasteiger partial charge is 0.337 e. The maximum Gasteiger partial charge on any atom is 0.337 e. The van der Waals surface area contributed by atoms with Gasteiger partial charge in [0.25, 0.3) is 0 Å². The molecule has 0 aromatic carbocycles. The molecule has 0 saturated heterocycles. The van der Waals surface area contributed by atoms with Gasteiger partial charge in [-0.1, -0.05) is 0 Å². The summed E-state index contributed by atoms with van der Waals surface area (Å²) in [6.45, 7) is 1.76. The van der Waals surface area contributed by atoms with Crippen LogP contribution in [-0.4, -0.2) is 43.0 Å². The molecule has 1 aromatic heterocycles. The molecule has 0 bridgehead atoms. The van der Waals surface area contributed by atoms with Gasteiger partial charge in [-0.3, -0.25) is 0 Å². The normalized spacial score (nSPS) is 20.0. The molecule has 0 saturated carbocycles. The van der Waals surface area contributed by atoms with Crippen molar-refractivity contribution in [3.8, 4) is 0 Å². The average molecular weight is 280 g/mol. The molecule has 0 unspecified atom stereocenters. The standard InChI is InChI=1S/C13H16N2O3S/c1-8-10(12(16)18-4)11(9-5-6-19-7-9)15(3)13(17)14(8)2/h5-7,11H,1-4H3/t11-/m1/s1. The number of thiophene rings is 1. The van der Waals surface area contributed by atoms with E-state index in [4.69, 9.17) is 4.74 Å². The van der Waals surface area contributed by atoms with Crippen LogP contribution >= 0.6 is 11.3 Å². The number of methoxy groups -OCH3 is 1. The molecular formula is C13H16N2O3S. The molecule has 0 spiro atoms. The Balaban J connectivity index is 2.59. The molecule has 0 aliphatic carbocycles. The predicted molar refractivity (Wildman–Crippen MR) is 72.7 cm³/mol. The van der Waals surface area contributed by atoms with Crippen LogP contribution in [0.25, 0.3) is 0 Å². The zero-order valence-corrected chi connectivity index (χ0v) is 12.2. The van der Waals surface area contributed by atoms with Gasteiger partial charge in [-0.25, -0.2) is 9.59 Å². The Morgan fingerprint density at radius 1 is 1.42 bits per heavy atom. The highest BCUT2D eigenvalue weighted by Crippen LogP contribution is 2.36. The summed E-state index contributed by atoms with van der Waals surface area (Å²) in [5.41, 5.74) is 2.06. The Hall–Kier alpha value is -1.82. The van der Waals surface area contributed by atoms with Crippen LogP contribution in [0.3, 0.4) is 0 Å². The van der Waals surface area contributed by atoms with Crippen molar-refractivity contribution < 1.29 is 14.3 Å². The van der Waals surface area contributed by atoms with Gasteiger partial charge in [-0.15, -0.1) is 0 Å². The topological polar surface area (TPSA) is 49.9 Å². The van der Waals surface area contributed by atoms with Crippen molar-refractivity contribution in [1.82, 2.24) is 9.80 Å². The third-order valence-electron chi connectivity index (χ3n) is 3.41. The lowest BCUT2D eigenvalue weighted by Crippen LogP contribution is -2.47. The number of urea groups is 1. The Morgan fingerprint density at radius 3 is 2.63 bits per heavy atom. The second kappa shape index (κ2) is 5.05. The molecule has 1 aromatic rings. The van der Waals surface area contributed by atoms with Crippen molar-refractivity contribution in [2.75, 3.05) is 21.2 Å². The minimum atomic E-state index is -0.403. The molecule has 19 heavy (non-hydrogen) atoms. The van der Waals surface area contributed by atoms with E-state index in [1.807, 2.05) is 16.8 Å². The van der Waals surface area contributed by atoms with E-state index in [1.54, 1.807) is 25.9 Å². The monoisotopic (exact) mass is 280 g/mol. The molecule has 1 aliphatic rings. The molecule has 102 valence electrons. The second-order valence-electron chi connectivity index (χ2n) is 4.40. The van der Waals surface area contributed by atoms with Crippen molar-refractivity contribution in [1.29, 1.82) is 0 Å². The molecule has 1 atom stereocenters. The molecule has 0 N–H and O–H groups in total. The van der Waals surface area contributed by atoms with Gasteiger partial charge in [0.1, 0.15) is 0 Å². The van der Waals surface area contributed by atoms with Crippen LogP contribution in [0.15, 0.2) is 28.1 Å². The second-order valence-corrected chi connectivity index (χ2v) is 5.18. The molecule has 6 heteroatoms. The van der Waals surface area contributed by atoms with Gasteiger partial charge < -0.3 is 14.5 Å². The van der Waals surface area contributed by atoms with Crippen LogP contribution in [-0.2, 0) is 9.53 Å². The van der Waals surface area contributed by atoms with Crippen molar-refractivity contribution in [3.63, 3.8) is 0 Å². The van der Waals surface area contributed by atoms with E-state index in [9.17, 15) is 9.59 Å². The highest BCUT2D eigenvalue weighted by Gasteiger charge is 2.38. The number of carbonyl (C=O) groups excluding carboxylic acids is 2. The number of nitrogens with zero attached hydrogens (tertiary/aromatic N) is 2. The minimum Gasteiger partial charge on any atom is -0.466 e. The van der Waals surface area contributed by atoms with Gasteiger partial charge in [0, 0.05) is 19.8 Å². The van der Waals surface area contributed by atoms with Crippen molar-refractivity contribution in [2.45, 2.75) is 13.0 Å². The average Bonchev–Trinajstić information content (AvgIpc) is 2.93. The minimum absolute atomic E-state index is 0.138. The molecule has 2 rings (SSSR count). The number of likely N-dealkylation sites (N-methyl/N-ethyl adjacent to an activating group) is 1. The SMILES string of the molecule is COC(=O)C1=C(C)N(C)C(=O)N(C)[C@@H]1c1ccsc1. The number of esters is 1. The fourth-order valence-electron chi connectivity index (χ4n) is 2.25.